The largest absolute Gasteiger partial charge is 0.508 e. The van der Waals surface area contributed by atoms with E-state index in [1.54, 1.807) is 0 Å². The van der Waals surface area contributed by atoms with Crippen molar-refractivity contribution in [3.8, 4) is 23.0 Å². The summed E-state index contributed by atoms with van der Waals surface area (Å²) < 4.78 is 21.1. The Balaban J connectivity index is 1.73. The molecule has 0 radical (unpaired) electrons. The highest BCUT2D eigenvalue weighted by molar-refractivity contribution is 5.92. The van der Waals surface area contributed by atoms with Gasteiger partial charge >= 0.3 is 11.9 Å². The van der Waals surface area contributed by atoms with E-state index in [2.05, 4.69) is 0 Å². The van der Waals surface area contributed by atoms with Crippen LogP contribution in [0.5, 0.6) is 23.0 Å². The summed E-state index contributed by atoms with van der Waals surface area (Å²) >= 11 is 0. The monoisotopic (exact) mass is 466 g/mol. The minimum atomic E-state index is -1.74. The summed E-state index contributed by atoms with van der Waals surface area (Å²) in [6.45, 7) is -0.603. The van der Waals surface area contributed by atoms with Gasteiger partial charge in [0.2, 0.25) is 6.29 Å². The number of phenolic OH excluding ortho intramolecular Hbond substituents is 2. The molecule has 0 aliphatic carbocycles. The summed E-state index contributed by atoms with van der Waals surface area (Å²) in [6, 6.07) is 6.89. The van der Waals surface area contributed by atoms with Crippen molar-refractivity contribution in [2.75, 3.05) is 13.7 Å². The molecule has 3 rings (SSSR count). The third-order valence-corrected chi connectivity index (χ3v) is 4.90. The van der Waals surface area contributed by atoms with Gasteiger partial charge in [0, 0.05) is 0 Å². The first-order valence-electron chi connectivity index (χ1n) is 9.59. The van der Waals surface area contributed by atoms with Crippen LogP contribution in [0.25, 0.3) is 0 Å². The Bertz CT molecular complexity index is 1020. The molecule has 6 N–H and O–H groups in total. The van der Waals surface area contributed by atoms with Crippen LogP contribution in [-0.4, -0.2) is 87.0 Å². The average molecular weight is 466 g/mol. The molecule has 12 nitrogen and oxygen atoms in total. The molecule has 0 amide bonds. The number of phenols is 2. The second kappa shape index (κ2) is 9.92. The van der Waals surface area contributed by atoms with E-state index in [1.165, 1.54) is 25.3 Å². The van der Waals surface area contributed by atoms with E-state index in [1.807, 2.05) is 0 Å². The number of carboxylic acid groups (broad SMARTS) is 1. The molecule has 5 atom stereocenters. The molecule has 0 unspecified atom stereocenters. The lowest BCUT2D eigenvalue weighted by Crippen LogP contribution is -2.60. The minimum Gasteiger partial charge on any atom is -0.508 e. The van der Waals surface area contributed by atoms with Crippen molar-refractivity contribution in [2.24, 2.45) is 0 Å². The topological polar surface area (TPSA) is 192 Å². The van der Waals surface area contributed by atoms with Gasteiger partial charge in [0.1, 0.15) is 48.1 Å². The molecule has 1 aliphatic rings. The number of rotatable bonds is 7. The number of hydrogen-bond acceptors (Lipinski definition) is 11. The molecule has 1 heterocycles. The van der Waals surface area contributed by atoms with Crippen LogP contribution >= 0.6 is 0 Å². The van der Waals surface area contributed by atoms with Crippen LogP contribution in [0.4, 0.5) is 0 Å². The number of carbonyl (C=O) groups excluding carboxylic acids is 1. The predicted octanol–water partition coefficient (Wildman–Crippen LogP) is -0.152. The lowest BCUT2D eigenvalue weighted by molar-refractivity contribution is -0.277. The number of esters is 1. The van der Waals surface area contributed by atoms with Crippen LogP contribution < -0.4 is 9.47 Å². The maximum absolute atomic E-state index is 12.2. The van der Waals surface area contributed by atoms with Crippen molar-refractivity contribution >= 4 is 11.9 Å². The molecule has 0 bridgehead atoms. The van der Waals surface area contributed by atoms with Gasteiger partial charge in [-0.15, -0.1) is 0 Å². The lowest BCUT2D eigenvalue weighted by Gasteiger charge is -2.40. The van der Waals surface area contributed by atoms with E-state index in [9.17, 15) is 35.1 Å². The van der Waals surface area contributed by atoms with Crippen LogP contribution in [0, 0.1) is 0 Å². The summed E-state index contributed by atoms with van der Waals surface area (Å²) in [5.41, 5.74) is -0.420. The van der Waals surface area contributed by atoms with Gasteiger partial charge in [0.15, 0.2) is 11.5 Å². The number of hydrogen-bond donors (Lipinski definition) is 6. The average Bonchev–Trinajstić information content (AvgIpc) is 2.79. The Labute approximate surface area is 186 Å². The fraction of sp³-hybridized carbons (Fsp3) is 0.333. The van der Waals surface area contributed by atoms with Gasteiger partial charge in [0.25, 0.3) is 0 Å². The third-order valence-electron chi connectivity index (χ3n) is 4.90. The molecule has 2 aromatic carbocycles. The number of aromatic carboxylic acids is 1. The molecular formula is C21H22O12. The molecule has 12 heteroatoms. The first-order valence-corrected chi connectivity index (χ1v) is 9.59. The normalized spacial score (nSPS) is 24.7. The fourth-order valence-corrected chi connectivity index (χ4v) is 3.10. The van der Waals surface area contributed by atoms with Gasteiger partial charge in [-0.3, -0.25) is 0 Å². The number of carbonyl (C=O) groups is 2. The highest BCUT2D eigenvalue weighted by Crippen LogP contribution is 2.32. The van der Waals surface area contributed by atoms with Gasteiger partial charge in [-0.2, -0.15) is 0 Å². The van der Waals surface area contributed by atoms with E-state index in [-0.39, 0.29) is 28.4 Å². The van der Waals surface area contributed by atoms with Gasteiger partial charge in [0.05, 0.1) is 12.7 Å². The standard InChI is InChI=1S/C21H22O12/c1-30-14-6-9(19(27)28)2-5-13(14)32-21-18(26)17(25)16(24)15(33-21)8-31-20(29)11-7-10(22)3-4-12(11)23/h2-7,15-18,21-26H,8H2,1H3,(H,27,28)/t15-,16-,17+,18-,21-/m1/s1. The molecule has 1 aliphatic heterocycles. The zero-order valence-corrected chi connectivity index (χ0v) is 17.2. The molecule has 1 saturated heterocycles. The Morgan fingerprint density at radius 3 is 2.36 bits per heavy atom. The predicted molar refractivity (Wildman–Crippen MR) is 107 cm³/mol. The number of ether oxygens (including phenoxy) is 4. The van der Waals surface area contributed by atoms with Crippen molar-refractivity contribution < 1.29 is 59.2 Å². The Morgan fingerprint density at radius 1 is 0.970 bits per heavy atom. The van der Waals surface area contributed by atoms with Crippen LogP contribution in [0.3, 0.4) is 0 Å². The summed E-state index contributed by atoms with van der Waals surface area (Å²) in [5, 5.41) is 59.0. The van der Waals surface area contributed by atoms with Crippen LogP contribution in [0.2, 0.25) is 0 Å². The van der Waals surface area contributed by atoms with Gasteiger partial charge < -0.3 is 49.6 Å². The molecular weight excluding hydrogens is 444 g/mol. The molecule has 0 spiro atoms. The maximum Gasteiger partial charge on any atom is 0.342 e. The van der Waals surface area contributed by atoms with Crippen molar-refractivity contribution in [3.05, 3.63) is 47.5 Å². The van der Waals surface area contributed by atoms with Gasteiger partial charge in [-0.1, -0.05) is 0 Å². The minimum absolute atomic E-state index is 0.00801. The van der Waals surface area contributed by atoms with Crippen molar-refractivity contribution in [1.29, 1.82) is 0 Å². The van der Waals surface area contributed by atoms with Gasteiger partial charge in [-0.25, -0.2) is 9.59 Å². The van der Waals surface area contributed by atoms with E-state index in [0.717, 1.165) is 18.2 Å². The number of benzene rings is 2. The Hall–Kier alpha value is -3.58. The molecule has 178 valence electrons. The Kier molecular flexibility index (Phi) is 7.23. The number of aliphatic hydroxyl groups is 3. The quantitative estimate of drug-likeness (QED) is 0.234. The summed E-state index contributed by atoms with van der Waals surface area (Å²) in [6.07, 6.45) is -8.02. The second-order valence-electron chi connectivity index (χ2n) is 7.10. The SMILES string of the molecule is COc1cc(C(=O)O)ccc1O[C@@H]1O[C@H](COC(=O)c2cc(O)ccc2O)[C@@H](O)[C@H](O)[C@H]1O. The molecule has 2 aromatic rings. The zero-order chi connectivity index (χ0) is 24.3. The fourth-order valence-electron chi connectivity index (χ4n) is 3.10. The van der Waals surface area contributed by atoms with E-state index < -0.39 is 55.0 Å². The third kappa shape index (κ3) is 5.26. The smallest absolute Gasteiger partial charge is 0.342 e. The molecule has 0 aromatic heterocycles. The number of aromatic hydroxyl groups is 2. The number of carboxylic acids is 1. The number of methoxy groups -OCH3 is 1. The van der Waals surface area contributed by atoms with Crippen molar-refractivity contribution in [3.63, 3.8) is 0 Å². The zero-order valence-electron chi connectivity index (χ0n) is 17.2. The van der Waals surface area contributed by atoms with Crippen LogP contribution in [0.1, 0.15) is 20.7 Å². The molecule has 0 saturated carbocycles. The van der Waals surface area contributed by atoms with Crippen LogP contribution in [0.15, 0.2) is 36.4 Å². The van der Waals surface area contributed by atoms with Crippen LogP contribution in [-0.2, 0) is 9.47 Å². The molecule has 1 fully saturated rings. The lowest BCUT2D eigenvalue weighted by atomic mass is 9.99. The van der Waals surface area contributed by atoms with Gasteiger partial charge in [-0.05, 0) is 36.4 Å². The Morgan fingerprint density at radius 2 is 1.70 bits per heavy atom. The van der Waals surface area contributed by atoms with E-state index in [4.69, 9.17) is 24.1 Å². The number of aliphatic hydroxyl groups excluding tert-OH is 3. The van der Waals surface area contributed by atoms with E-state index in [0.29, 0.717) is 0 Å². The van der Waals surface area contributed by atoms with Crippen molar-refractivity contribution in [2.45, 2.75) is 30.7 Å². The van der Waals surface area contributed by atoms with Crippen molar-refractivity contribution in [1.82, 2.24) is 0 Å². The second-order valence-corrected chi connectivity index (χ2v) is 7.10. The highest BCUT2D eigenvalue weighted by Gasteiger charge is 2.45. The summed E-state index contributed by atoms with van der Waals surface area (Å²) in [5.74, 6) is -2.99. The van der Waals surface area contributed by atoms with E-state index >= 15 is 0 Å². The maximum atomic E-state index is 12.2. The summed E-state index contributed by atoms with van der Waals surface area (Å²) in [4.78, 5) is 23.3. The first kappa shape index (κ1) is 24.1. The first-order chi connectivity index (χ1) is 15.6. The molecule has 33 heavy (non-hydrogen) atoms. The highest BCUT2D eigenvalue weighted by atomic mass is 16.7. The summed E-state index contributed by atoms with van der Waals surface area (Å²) in [7, 11) is 1.27.